The maximum atomic E-state index is 13.8. The molecule has 36 heavy (non-hydrogen) atoms. The molecule has 0 N–H and O–H groups in total. The first-order valence-electron chi connectivity index (χ1n) is 11.7. The Balaban J connectivity index is 1.74. The van der Waals surface area contributed by atoms with Gasteiger partial charge in [-0.25, -0.2) is 4.99 Å². The lowest BCUT2D eigenvalue weighted by Crippen LogP contribution is -2.42. The Hall–Kier alpha value is -3.65. The normalized spacial score (nSPS) is 18.9. The van der Waals surface area contributed by atoms with Gasteiger partial charge in [0.2, 0.25) is 0 Å². The molecule has 0 saturated heterocycles. The van der Waals surface area contributed by atoms with Crippen molar-refractivity contribution in [3.63, 3.8) is 0 Å². The third-order valence-corrected chi connectivity index (χ3v) is 7.64. The number of rotatable bonds is 5. The molecule has 2 aromatic carbocycles. The van der Waals surface area contributed by atoms with Crippen LogP contribution in [0.1, 0.15) is 43.9 Å². The van der Waals surface area contributed by atoms with Crippen molar-refractivity contribution in [2.45, 2.75) is 32.7 Å². The van der Waals surface area contributed by atoms with Gasteiger partial charge in [0.1, 0.15) is 17.2 Å². The molecule has 5 rings (SSSR count). The Labute approximate surface area is 213 Å². The van der Waals surface area contributed by atoms with Crippen LogP contribution in [0.2, 0.25) is 0 Å². The summed E-state index contributed by atoms with van der Waals surface area (Å²) in [6, 6.07) is 12.5. The zero-order chi connectivity index (χ0) is 25.6. The number of methoxy groups -OCH3 is 3. The highest BCUT2D eigenvalue weighted by molar-refractivity contribution is 7.07. The quantitative estimate of drug-likeness (QED) is 0.530. The van der Waals surface area contributed by atoms with E-state index in [1.54, 1.807) is 32.0 Å². The molecule has 186 valence electrons. The number of thiazole rings is 1. The number of benzene rings is 2. The van der Waals surface area contributed by atoms with Crippen LogP contribution in [0.3, 0.4) is 0 Å². The number of hydrogen-bond donors (Lipinski definition) is 0. The van der Waals surface area contributed by atoms with Crippen LogP contribution in [0.25, 0.3) is 6.08 Å². The number of Topliss-reactive ketones (excluding diaryl/α,β-unsaturated/α-hetero) is 1. The van der Waals surface area contributed by atoms with Gasteiger partial charge in [-0.2, -0.15) is 0 Å². The van der Waals surface area contributed by atoms with Crippen LogP contribution < -0.4 is 29.1 Å². The highest BCUT2D eigenvalue weighted by atomic mass is 32.1. The van der Waals surface area contributed by atoms with Crippen molar-refractivity contribution in [1.82, 2.24) is 4.57 Å². The first-order valence-corrected chi connectivity index (χ1v) is 12.5. The molecule has 2 aliphatic rings. The molecular weight excluding hydrogens is 476 g/mol. The van der Waals surface area contributed by atoms with E-state index in [0.29, 0.717) is 45.0 Å². The van der Waals surface area contributed by atoms with Crippen LogP contribution >= 0.6 is 11.3 Å². The van der Waals surface area contributed by atoms with Gasteiger partial charge in [0.25, 0.3) is 5.56 Å². The van der Waals surface area contributed by atoms with Crippen molar-refractivity contribution < 1.29 is 19.0 Å². The fraction of sp³-hybridized carbons (Fsp3) is 0.321. The zero-order valence-electron chi connectivity index (χ0n) is 21.0. The lowest BCUT2D eigenvalue weighted by Gasteiger charge is -2.35. The van der Waals surface area contributed by atoms with Crippen LogP contribution in [0.4, 0.5) is 0 Å². The van der Waals surface area contributed by atoms with Gasteiger partial charge in [-0.05, 0) is 47.7 Å². The van der Waals surface area contributed by atoms with E-state index in [1.807, 2.05) is 42.5 Å². The molecular formula is C28H28N2O5S. The van der Waals surface area contributed by atoms with Gasteiger partial charge < -0.3 is 14.2 Å². The van der Waals surface area contributed by atoms with Gasteiger partial charge in [0.15, 0.2) is 10.6 Å². The largest absolute Gasteiger partial charge is 0.497 e. The van der Waals surface area contributed by atoms with Gasteiger partial charge in [0, 0.05) is 23.6 Å². The van der Waals surface area contributed by atoms with E-state index in [2.05, 4.69) is 13.8 Å². The summed E-state index contributed by atoms with van der Waals surface area (Å²) in [4.78, 5) is 32.7. The summed E-state index contributed by atoms with van der Waals surface area (Å²) in [5, 5.41) is 0. The zero-order valence-corrected chi connectivity index (χ0v) is 21.8. The molecule has 1 aromatic heterocycles. The number of allylic oxidation sites excluding steroid dienone is 2. The van der Waals surface area contributed by atoms with Crippen molar-refractivity contribution in [3.05, 3.63) is 84.5 Å². The molecule has 0 fully saturated rings. The van der Waals surface area contributed by atoms with Crippen molar-refractivity contribution in [1.29, 1.82) is 0 Å². The molecule has 1 aliphatic heterocycles. The second kappa shape index (κ2) is 9.09. The summed E-state index contributed by atoms with van der Waals surface area (Å²) < 4.78 is 18.3. The number of ether oxygens (including phenoxy) is 3. The van der Waals surface area contributed by atoms with Gasteiger partial charge in [-0.1, -0.05) is 37.3 Å². The molecule has 0 radical (unpaired) electrons. The van der Waals surface area contributed by atoms with Crippen LogP contribution in [0.15, 0.2) is 63.5 Å². The van der Waals surface area contributed by atoms with Gasteiger partial charge in [-0.15, -0.1) is 0 Å². The van der Waals surface area contributed by atoms with E-state index < -0.39 is 6.04 Å². The molecule has 1 aliphatic carbocycles. The molecule has 8 heteroatoms. The minimum Gasteiger partial charge on any atom is -0.497 e. The Morgan fingerprint density at radius 2 is 1.67 bits per heavy atom. The molecule has 3 aromatic rings. The maximum absolute atomic E-state index is 13.8. The van der Waals surface area contributed by atoms with Gasteiger partial charge in [0.05, 0.1) is 37.6 Å². The number of nitrogens with zero attached hydrogens (tertiary/aromatic N) is 2. The minimum absolute atomic E-state index is 0.0388. The molecule has 0 amide bonds. The SMILES string of the molecule is COc1ccc(C2C3=C(CC(C)(C)CC3=O)N=c3sc(=Cc4ccc(OC)cc4OC)c(=O)n32)cc1. The van der Waals surface area contributed by atoms with Crippen molar-refractivity contribution in [3.8, 4) is 17.2 Å². The Kier molecular flexibility index (Phi) is 6.08. The molecule has 0 spiro atoms. The second-order valence-electron chi connectivity index (χ2n) is 9.77. The smallest absolute Gasteiger partial charge is 0.271 e. The van der Waals surface area contributed by atoms with E-state index in [1.165, 1.54) is 11.3 Å². The first kappa shape index (κ1) is 24.1. The van der Waals surface area contributed by atoms with Crippen LogP contribution in [-0.2, 0) is 4.79 Å². The molecule has 1 unspecified atom stereocenters. The Bertz CT molecular complexity index is 1560. The topological polar surface area (TPSA) is 79.1 Å². The van der Waals surface area contributed by atoms with Gasteiger partial charge >= 0.3 is 0 Å². The molecule has 1 atom stereocenters. The fourth-order valence-electron chi connectivity index (χ4n) is 4.93. The number of fused-ring (bicyclic) bond motifs is 1. The molecule has 0 bridgehead atoms. The molecule has 2 heterocycles. The standard InChI is InChI=1S/C28H28N2O5S/c1-28(2)14-20-24(21(31)15-28)25(16-6-9-18(33-3)10-7-16)30-26(32)23(36-27(30)29-20)12-17-8-11-19(34-4)13-22(17)35-5/h6-13,25H,14-15H2,1-5H3. The van der Waals surface area contributed by atoms with Crippen molar-refractivity contribution in [2.24, 2.45) is 10.4 Å². The third kappa shape index (κ3) is 4.15. The number of ketones is 1. The van der Waals surface area contributed by atoms with Gasteiger partial charge in [-0.3, -0.25) is 14.2 Å². The fourth-order valence-corrected chi connectivity index (χ4v) is 5.94. The number of aromatic nitrogens is 1. The summed E-state index contributed by atoms with van der Waals surface area (Å²) >= 11 is 1.32. The van der Waals surface area contributed by atoms with E-state index in [4.69, 9.17) is 19.2 Å². The van der Waals surface area contributed by atoms with E-state index in [-0.39, 0.29) is 16.8 Å². The van der Waals surface area contributed by atoms with E-state index >= 15 is 0 Å². The van der Waals surface area contributed by atoms with Crippen LogP contribution in [0, 0.1) is 5.41 Å². The predicted molar refractivity (Wildman–Crippen MR) is 139 cm³/mol. The summed E-state index contributed by atoms with van der Waals surface area (Å²) in [6.45, 7) is 4.16. The van der Waals surface area contributed by atoms with Crippen molar-refractivity contribution >= 4 is 23.2 Å². The highest BCUT2D eigenvalue weighted by Crippen LogP contribution is 2.43. The minimum atomic E-state index is -0.536. The number of hydrogen-bond acceptors (Lipinski definition) is 7. The number of carbonyl (C=O) groups is 1. The predicted octanol–water partition coefficient (Wildman–Crippen LogP) is 3.63. The second-order valence-corrected chi connectivity index (χ2v) is 10.8. The van der Waals surface area contributed by atoms with Crippen LogP contribution in [-0.4, -0.2) is 31.7 Å². The molecule has 0 saturated carbocycles. The average molecular weight is 505 g/mol. The summed E-state index contributed by atoms with van der Waals surface area (Å²) in [5.74, 6) is 2.02. The van der Waals surface area contributed by atoms with E-state index in [9.17, 15) is 9.59 Å². The Morgan fingerprint density at radius 3 is 2.33 bits per heavy atom. The first-order chi connectivity index (χ1) is 17.2. The monoisotopic (exact) mass is 504 g/mol. The lowest BCUT2D eigenvalue weighted by atomic mass is 9.73. The Morgan fingerprint density at radius 1 is 0.972 bits per heavy atom. The maximum Gasteiger partial charge on any atom is 0.271 e. The lowest BCUT2D eigenvalue weighted by molar-refractivity contribution is -0.118. The number of carbonyl (C=O) groups excluding carboxylic acids is 1. The van der Waals surface area contributed by atoms with Crippen molar-refractivity contribution in [2.75, 3.05) is 21.3 Å². The van der Waals surface area contributed by atoms with Crippen LogP contribution in [0.5, 0.6) is 17.2 Å². The summed E-state index contributed by atoms with van der Waals surface area (Å²) in [5.41, 5.74) is 2.61. The summed E-state index contributed by atoms with van der Waals surface area (Å²) in [6.07, 6.45) is 2.91. The summed E-state index contributed by atoms with van der Waals surface area (Å²) in [7, 11) is 4.79. The molecule has 7 nitrogen and oxygen atoms in total. The highest BCUT2D eigenvalue weighted by Gasteiger charge is 2.40. The average Bonchev–Trinajstić information content (AvgIpc) is 3.16. The van der Waals surface area contributed by atoms with E-state index in [0.717, 1.165) is 16.8 Å². The third-order valence-electron chi connectivity index (χ3n) is 6.65.